The highest BCUT2D eigenvalue weighted by molar-refractivity contribution is 5.40. The van der Waals surface area contributed by atoms with Crippen LogP contribution < -0.4 is 0 Å². The van der Waals surface area contributed by atoms with Gasteiger partial charge in [-0.25, -0.2) is 9.07 Å². The molecule has 1 aromatic carbocycles. The number of nitrogens with zero attached hydrogens (tertiary/aromatic N) is 4. The third-order valence-electron chi connectivity index (χ3n) is 6.66. The quantitative estimate of drug-likeness (QED) is 0.804. The van der Waals surface area contributed by atoms with Gasteiger partial charge >= 0.3 is 0 Å². The molecule has 5 heteroatoms. The molecule has 27 heavy (non-hydrogen) atoms. The lowest BCUT2D eigenvalue weighted by Crippen LogP contribution is -2.45. The van der Waals surface area contributed by atoms with Gasteiger partial charge in [0.15, 0.2) is 0 Å². The number of aromatic nitrogens is 2. The highest BCUT2D eigenvalue weighted by Gasteiger charge is 2.42. The van der Waals surface area contributed by atoms with Crippen molar-refractivity contribution in [3.05, 3.63) is 48.0 Å². The fourth-order valence-corrected chi connectivity index (χ4v) is 5.18. The van der Waals surface area contributed by atoms with Gasteiger partial charge in [0.25, 0.3) is 0 Å². The molecule has 1 aliphatic carbocycles. The molecule has 0 radical (unpaired) electrons. The fourth-order valence-electron chi connectivity index (χ4n) is 5.18. The van der Waals surface area contributed by atoms with Crippen LogP contribution in [0.1, 0.15) is 37.7 Å². The van der Waals surface area contributed by atoms with Gasteiger partial charge in [-0.2, -0.15) is 5.10 Å². The topological polar surface area (TPSA) is 24.3 Å². The van der Waals surface area contributed by atoms with E-state index in [-0.39, 0.29) is 5.82 Å². The fraction of sp³-hybridized carbons (Fsp3) is 0.591. The van der Waals surface area contributed by atoms with Crippen molar-refractivity contribution < 1.29 is 4.39 Å². The summed E-state index contributed by atoms with van der Waals surface area (Å²) in [6.07, 6.45) is 10.5. The minimum Gasteiger partial charge on any atom is -0.302 e. The molecule has 1 spiro atoms. The summed E-state index contributed by atoms with van der Waals surface area (Å²) >= 11 is 0. The molecule has 1 unspecified atom stereocenters. The lowest BCUT2D eigenvalue weighted by molar-refractivity contribution is 0.0884. The number of rotatable bonds is 5. The van der Waals surface area contributed by atoms with Gasteiger partial charge in [-0.1, -0.05) is 0 Å². The molecule has 1 aromatic heterocycles. The van der Waals surface area contributed by atoms with Crippen LogP contribution >= 0.6 is 0 Å². The predicted octanol–water partition coefficient (Wildman–Crippen LogP) is 3.71. The van der Waals surface area contributed by atoms with Gasteiger partial charge in [-0.05, 0) is 86.4 Å². The van der Waals surface area contributed by atoms with Crippen LogP contribution in [-0.2, 0) is 6.54 Å². The Labute approximate surface area is 161 Å². The molecule has 1 saturated carbocycles. The second kappa shape index (κ2) is 7.02. The molecular weight excluding hydrogens is 339 g/mol. The number of benzene rings is 1. The first kappa shape index (κ1) is 17.4. The monoisotopic (exact) mass is 368 g/mol. The Hall–Kier alpha value is -1.72. The first-order valence-corrected chi connectivity index (χ1v) is 10.4. The summed E-state index contributed by atoms with van der Waals surface area (Å²) in [6, 6.07) is 6.97. The summed E-state index contributed by atoms with van der Waals surface area (Å²) in [5, 5.41) is 4.35. The van der Waals surface area contributed by atoms with Gasteiger partial charge in [0.05, 0.1) is 5.69 Å². The van der Waals surface area contributed by atoms with Crippen molar-refractivity contribution in [3.63, 3.8) is 0 Å². The number of likely N-dealkylation sites (tertiary alicyclic amines) is 2. The molecule has 2 aromatic rings. The van der Waals surface area contributed by atoms with Crippen LogP contribution in [0.2, 0.25) is 0 Å². The van der Waals surface area contributed by atoms with Crippen LogP contribution in [0.3, 0.4) is 0 Å². The summed E-state index contributed by atoms with van der Waals surface area (Å²) in [5.74, 6) is 0.810. The van der Waals surface area contributed by atoms with Crippen molar-refractivity contribution in [3.8, 4) is 5.69 Å². The van der Waals surface area contributed by atoms with Crippen molar-refractivity contribution in [1.82, 2.24) is 19.6 Å². The predicted molar refractivity (Wildman–Crippen MR) is 104 cm³/mol. The van der Waals surface area contributed by atoms with Gasteiger partial charge in [0.2, 0.25) is 0 Å². The van der Waals surface area contributed by atoms with E-state index >= 15 is 0 Å². The normalized spacial score (nSPS) is 26.9. The smallest absolute Gasteiger partial charge is 0.123 e. The first-order valence-electron chi connectivity index (χ1n) is 10.4. The van der Waals surface area contributed by atoms with Crippen LogP contribution in [0.4, 0.5) is 4.39 Å². The molecule has 144 valence electrons. The zero-order valence-corrected chi connectivity index (χ0v) is 16.0. The van der Waals surface area contributed by atoms with Crippen LogP contribution in [0.25, 0.3) is 5.69 Å². The SMILES string of the molecule is Fc1ccc(-n2cccn2)c(CN2CCC3(CCCN(CC4CC4)C3)C2)c1. The van der Waals surface area contributed by atoms with E-state index in [1.165, 1.54) is 57.8 Å². The van der Waals surface area contributed by atoms with Crippen LogP contribution in [0.5, 0.6) is 0 Å². The van der Waals surface area contributed by atoms with Crippen LogP contribution in [-0.4, -0.2) is 52.3 Å². The minimum atomic E-state index is -0.164. The van der Waals surface area contributed by atoms with E-state index in [1.54, 1.807) is 12.3 Å². The van der Waals surface area contributed by atoms with Crippen LogP contribution in [0, 0.1) is 17.2 Å². The maximum absolute atomic E-state index is 13.9. The van der Waals surface area contributed by atoms with Crippen molar-refractivity contribution in [2.24, 2.45) is 11.3 Å². The van der Waals surface area contributed by atoms with Gasteiger partial charge in [-0.15, -0.1) is 0 Å². The Morgan fingerprint density at radius 2 is 2.00 bits per heavy atom. The van der Waals surface area contributed by atoms with Crippen molar-refractivity contribution >= 4 is 0 Å². The Morgan fingerprint density at radius 1 is 1.11 bits per heavy atom. The van der Waals surface area contributed by atoms with E-state index in [9.17, 15) is 4.39 Å². The summed E-state index contributed by atoms with van der Waals surface area (Å²) in [7, 11) is 0. The molecule has 1 atom stereocenters. The number of hydrogen-bond donors (Lipinski definition) is 0. The summed E-state index contributed by atoms with van der Waals surface area (Å²) in [5.41, 5.74) is 2.47. The first-order chi connectivity index (χ1) is 13.2. The second-order valence-corrected chi connectivity index (χ2v) is 8.97. The third-order valence-corrected chi connectivity index (χ3v) is 6.66. The van der Waals surface area contributed by atoms with Gasteiger partial charge < -0.3 is 4.90 Å². The Balaban J connectivity index is 1.29. The average Bonchev–Trinajstić information content (AvgIpc) is 3.15. The number of piperidine rings is 1. The highest BCUT2D eigenvalue weighted by atomic mass is 19.1. The molecule has 2 saturated heterocycles. The van der Waals surface area contributed by atoms with E-state index in [1.807, 2.05) is 23.0 Å². The molecule has 0 amide bonds. The summed E-state index contributed by atoms with van der Waals surface area (Å²) < 4.78 is 15.8. The lowest BCUT2D eigenvalue weighted by Gasteiger charge is -2.40. The van der Waals surface area contributed by atoms with Gasteiger partial charge in [0.1, 0.15) is 5.82 Å². The van der Waals surface area contributed by atoms with Gasteiger partial charge in [0, 0.05) is 38.6 Å². The largest absolute Gasteiger partial charge is 0.302 e. The third kappa shape index (κ3) is 3.81. The number of halogens is 1. The van der Waals surface area contributed by atoms with Crippen molar-refractivity contribution in [2.75, 3.05) is 32.7 Å². The number of hydrogen-bond acceptors (Lipinski definition) is 3. The van der Waals surface area contributed by atoms with E-state index in [4.69, 9.17) is 0 Å². The molecule has 5 rings (SSSR count). The molecule has 3 fully saturated rings. The maximum atomic E-state index is 13.9. The molecule has 0 bridgehead atoms. The Morgan fingerprint density at radius 3 is 2.81 bits per heavy atom. The highest BCUT2D eigenvalue weighted by Crippen LogP contribution is 2.41. The molecule has 3 heterocycles. The zero-order valence-electron chi connectivity index (χ0n) is 16.0. The van der Waals surface area contributed by atoms with Crippen molar-refractivity contribution in [1.29, 1.82) is 0 Å². The van der Waals surface area contributed by atoms with E-state index in [2.05, 4.69) is 14.9 Å². The van der Waals surface area contributed by atoms with E-state index in [0.29, 0.717) is 5.41 Å². The molecule has 2 aliphatic heterocycles. The molecular formula is C22H29FN4. The van der Waals surface area contributed by atoms with Crippen molar-refractivity contribution in [2.45, 2.75) is 38.6 Å². The zero-order chi connectivity index (χ0) is 18.3. The standard InChI is InChI=1S/C22H29FN4/c23-20-5-6-21(27-11-2-9-24-27)19(13-20)15-26-12-8-22(17-26)7-1-10-25(16-22)14-18-3-4-18/h2,5-6,9,11,13,18H,1,3-4,7-8,10,12,14-17H2. The van der Waals surface area contributed by atoms with E-state index in [0.717, 1.165) is 36.8 Å². The molecule has 4 nitrogen and oxygen atoms in total. The minimum absolute atomic E-state index is 0.164. The van der Waals surface area contributed by atoms with Gasteiger partial charge in [-0.3, -0.25) is 4.90 Å². The summed E-state index contributed by atoms with van der Waals surface area (Å²) in [6.45, 7) is 6.92. The summed E-state index contributed by atoms with van der Waals surface area (Å²) in [4.78, 5) is 5.25. The lowest BCUT2D eigenvalue weighted by atomic mass is 9.79. The maximum Gasteiger partial charge on any atom is 0.123 e. The molecule has 0 N–H and O–H groups in total. The Bertz CT molecular complexity index is 786. The second-order valence-electron chi connectivity index (χ2n) is 8.97. The van der Waals surface area contributed by atoms with E-state index < -0.39 is 0 Å². The average molecular weight is 369 g/mol. The Kier molecular flexibility index (Phi) is 4.52. The van der Waals surface area contributed by atoms with Crippen LogP contribution in [0.15, 0.2) is 36.7 Å². The molecule has 3 aliphatic rings.